The molecule has 1 aliphatic rings. The molecule has 1 aliphatic carbocycles. The third-order valence-corrected chi connectivity index (χ3v) is 5.12. The smallest absolute Gasteiger partial charge is 0.407 e. The summed E-state index contributed by atoms with van der Waals surface area (Å²) >= 11 is 0. The van der Waals surface area contributed by atoms with Crippen LogP contribution in [0, 0.1) is 23.2 Å². The molecule has 2 aromatic carbocycles. The zero-order chi connectivity index (χ0) is 21.6. The van der Waals surface area contributed by atoms with Crippen LogP contribution in [0.2, 0.25) is 0 Å². The van der Waals surface area contributed by atoms with E-state index in [4.69, 9.17) is 10.00 Å². The summed E-state index contributed by atoms with van der Waals surface area (Å²) in [6.45, 7) is 0.595. The fraction of sp³-hybridized carbons (Fsp3) is 0.160. The number of nitriles is 1. The summed E-state index contributed by atoms with van der Waals surface area (Å²) in [6.07, 6.45) is 1.37. The zero-order valence-corrected chi connectivity index (χ0v) is 16.6. The van der Waals surface area contributed by atoms with Gasteiger partial charge in [-0.15, -0.1) is 0 Å². The Balaban J connectivity index is 1.29. The first kappa shape index (κ1) is 20.0. The largest absolute Gasteiger partial charge is 0.449 e. The molecule has 0 saturated carbocycles. The molecule has 0 radical (unpaired) electrons. The summed E-state index contributed by atoms with van der Waals surface area (Å²) in [5.41, 5.74) is 4.82. The van der Waals surface area contributed by atoms with E-state index in [0.717, 1.165) is 0 Å². The van der Waals surface area contributed by atoms with Crippen LogP contribution >= 0.6 is 0 Å². The molecule has 0 fully saturated rings. The van der Waals surface area contributed by atoms with Gasteiger partial charge >= 0.3 is 6.09 Å². The van der Waals surface area contributed by atoms with Gasteiger partial charge in [-0.25, -0.2) is 4.79 Å². The number of rotatable bonds is 4. The van der Waals surface area contributed by atoms with E-state index in [2.05, 4.69) is 46.4 Å². The number of carbonyl (C=O) groups is 1. The number of alkyl carbamates (subject to hydrolysis) is 1. The maximum Gasteiger partial charge on any atom is 0.407 e. The van der Waals surface area contributed by atoms with Crippen LogP contribution in [0.15, 0.2) is 65.6 Å². The summed E-state index contributed by atoms with van der Waals surface area (Å²) in [6, 6.07) is 19.6. The average Bonchev–Trinajstić information content (AvgIpc) is 3.12. The van der Waals surface area contributed by atoms with Gasteiger partial charge in [0.05, 0.1) is 0 Å². The molecule has 0 spiro atoms. The SMILES string of the molecule is N#Cc1cc(C#CCCNC(=O)OCC2c3ccccc3-c3ccccc32)c[nH]c1=O. The average molecular weight is 409 g/mol. The Hall–Kier alpha value is -4.29. The lowest BCUT2D eigenvalue weighted by Crippen LogP contribution is -2.26. The molecule has 31 heavy (non-hydrogen) atoms. The normalized spacial score (nSPS) is 11.5. The van der Waals surface area contributed by atoms with Crippen LogP contribution in [-0.4, -0.2) is 24.2 Å². The molecule has 0 aliphatic heterocycles. The van der Waals surface area contributed by atoms with E-state index >= 15 is 0 Å². The van der Waals surface area contributed by atoms with E-state index in [1.165, 1.54) is 34.5 Å². The Morgan fingerprint density at radius 2 is 1.77 bits per heavy atom. The summed E-state index contributed by atoms with van der Waals surface area (Å²) in [4.78, 5) is 25.9. The quantitative estimate of drug-likeness (QED) is 0.509. The molecule has 3 aromatic rings. The Kier molecular flexibility index (Phi) is 5.82. The molecule has 152 valence electrons. The van der Waals surface area contributed by atoms with Gasteiger partial charge < -0.3 is 15.0 Å². The van der Waals surface area contributed by atoms with Crippen LogP contribution in [0.4, 0.5) is 4.79 Å². The Bertz CT molecular complexity index is 1250. The van der Waals surface area contributed by atoms with Crippen molar-refractivity contribution < 1.29 is 9.53 Å². The lowest BCUT2D eigenvalue weighted by atomic mass is 9.98. The first-order valence-corrected chi connectivity index (χ1v) is 9.88. The molecule has 6 heteroatoms. The van der Waals surface area contributed by atoms with Crippen molar-refractivity contribution in [2.24, 2.45) is 0 Å². The number of amides is 1. The second-order valence-electron chi connectivity index (χ2n) is 7.05. The molecule has 2 N–H and O–H groups in total. The first-order chi connectivity index (χ1) is 15.2. The van der Waals surface area contributed by atoms with Gasteiger partial charge in [0.1, 0.15) is 18.2 Å². The number of pyridine rings is 1. The van der Waals surface area contributed by atoms with Crippen LogP contribution in [0.5, 0.6) is 0 Å². The van der Waals surface area contributed by atoms with Gasteiger partial charge in [0.25, 0.3) is 5.56 Å². The van der Waals surface area contributed by atoms with Crippen molar-refractivity contribution in [2.75, 3.05) is 13.2 Å². The van der Waals surface area contributed by atoms with Gasteiger partial charge in [-0.1, -0.05) is 60.4 Å². The minimum atomic E-state index is -0.487. The fourth-order valence-corrected chi connectivity index (χ4v) is 3.68. The van der Waals surface area contributed by atoms with Crippen molar-refractivity contribution in [3.8, 4) is 29.0 Å². The Morgan fingerprint density at radius 3 is 2.45 bits per heavy atom. The molecule has 0 unspecified atom stereocenters. The number of benzene rings is 2. The molecule has 0 bridgehead atoms. The van der Waals surface area contributed by atoms with Crippen molar-refractivity contribution >= 4 is 6.09 Å². The fourth-order valence-electron chi connectivity index (χ4n) is 3.68. The molecule has 0 atom stereocenters. The molecule has 1 aromatic heterocycles. The lowest BCUT2D eigenvalue weighted by Gasteiger charge is -2.14. The number of ether oxygens (including phenoxy) is 1. The topological polar surface area (TPSA) is 95.0 Å². The van der Waals surface area contributed by atoms with Crippen LogP contribution in [0.25, 0.3) is 11.1 Å². The van der Waals surface area contributed by atoms with Crippen LogP contribution < -0.4 is 10.9 Å². The first-order valence-electron chi connectivity index (χ1n) is 9.88. The molecule has 1 heterocycles. The number of aromatic amines is 1. The summed E-state index contributed by atoms with van der Waals surface area (Å²) in [7, 11) is 0. The Morgan fingerprint density at radius 1 is 1.10 bits per heavy atom. The second-order valence-corrected chi connectivity index (χ2v) is 7.05. The van der Waals surface area contributed by atoms with Gasteiger partial charge in [-0.2, -0.15) is 5.26 Å². The summed E-state index contributed by atoms with van der Waals surface area (Å²) in [5, 5.41) is 11.6. The van der Waals surface area contributed by atoms with Gasteiger partial charge in [0.2, 0.25) is 0 Å². The van der Waals surface area contributed by atoms with E-state index in [1.54, 1.807) is 0 Å². The highest BCUT2D eigenvalue weighted by Gasteiger charge is 2.28. The van der Waals surface area contributed by atoms with E-state index in [-0.39, 0.29) is 18.1 Å². The van der Waals surface area contributed by atoms with Crippen LogP contribution in [0.3, 0.4) is 0 Å². The third-order valence-electron chi connectivity index (χ3n) is 5.12. The van der Waals surface area contributed by atoms with Gasteiger partial charge in [-0.05, 0) is 28.3 Å². The van der Waals surface area contributed by atoms with E-state index in [1.807, 2.05) is 30.3 Å². The lowest BCUT2D eigenvalue weighted by molar-refractivity contribution is 0.143. The second kappa shape index (κ2) is 9.02. The highest BCUT2D eigenvalue weighted by Crippen LogP contribution is 2.44. The maximum atomic E-state index is 12.1. The maximum absolute atomic E-state index is 12.1. The number of hydrogen-bond acceptors (Lipinski definition) is 4. The molecule has 0 saturated heterocycles. The Labute approximate surface area is 179 Å². The minimum Gasteiger partial charge on any atom is -0.449 e. The van der Waals surface area contributed by atoms with Crippen molar-refractivity contribution in [3.63, 3.8) is 0 Å². The van der Waals surface area contributed by atoms with E-state index < -0.39 is 11.7 Å². The standard InChI is InChI=1S/C25H19N3O3/c26-14-18-13-17(15-28-24(18)29)7-5-6-12-27-25(30)31-16-23-21-10-3-1-8-19(21)20-9-2-4-11-22(20)23/h1-4,8-11,13,15,23H,6,12,16H2,(H,27,30)(H,28,29). The van der Waals surface area contributed by atoms with Crippen molar-refractivity contribution in [1.29, 1.82) is 5.26 Å². The predicted molar refractivity (Wildman–Crippen MR) is 116 cm³/mol. The molecule has 4 rings (SSSR count). The summed E-state index contributed by atoms with van der Waals surface area (Å²) < 4.78 is 5.47. The monoisotopic (exact) mass is 409 g/mol. The molecular weight excluding hydrogens is 390 g/mol. The number of nitrogens with one attached hydrogen (secondary N) is 2. The van der Waals surface area contributed by atoms with Gasteiger partial charge in [-0.3, -0.25) is 4.79 Å². The number of hydrogen-bond donors (Lipinski definition) is 2. The highest BCUT2D eigenvalue weighted by atomic mass is 16.5. The van der Waals surface area contributed by atoms with Crippen LogP contribution in [-0.2, 0) is 4.74 Å². The number of carbonyl (C=O) groups excluding carboxylic acids is 1. The summed E-state index contributed by atoms with van der Waals surface area (Å²) in [5.74, 6) is 5.78. The van der Waals surface area contributed by atoms with Crippen molar-refractivity contribution in [1.82, 2.24) is 10.3 Å². The highest BCUT2D eigenvalue weighted by molar-refractivity contribution is 5.79. The van der Waals surface area contributed by atoms with Gasteiger partial charge in [0.15, 0.2) is 0 Å². The van der Waals surface area contributed by atoms with Crippen molar-refractivity contribution in [2.45, 2.75) is 12.3 Å². The molecule has 6 nitrogen and oxygen atoms in total. The number of aromatic nitrogens is 1. The predicted octanol–water partition coefficient (Wildman–Crippen LogP) is 3.53. The number of H-pyrrole nitrogens is 1. The van der Waals surface area contributed by atoms with E-state index in [9.17, 15) is 9.59 Å². The molecule has 1 amide bonds. The third kappa shape index (κ3) is 4.34. The van der Waals surface area contributed by atoms with Crippen LogP contribution in [0.1, 0.15) is 34.6 Å². The van der Waals surface area contributed by atoms with Gasteiger partial charge in [0, 0.05) is 30.6 Å². The minimum absolute atomic E-state index is 0.0172. The molecular formula is C25H19N3O3. The zero-order valence-electron chi connectivity index (χ0n) is 16.6. The number of nitrogens with zero attached hydrogens (tertiary/aromatic N) is 1. The van der Waals surface area contributed by atoms with Crippen molar-refractivity contribution in [3.05, 3.63) is 93.4 Å². The van der Waals surface area contributed by atoms with E-state index in [0.29, 0.717) is 18.5 Å². The number of fused-ring (bicyclic) bond motifs is 3.